The molecule has 3 rings (SSSR count). The molecule has 0 N–H and O–H groups in total. The van der Waals surface area contributed by atoms with Crippen molar-refractivity contribution in [1.29, 1.82) is 0 Å². The molecule has 0 atom stereocenters. The third-order valence-corrected chi connectivity index (χ3v) is 3.02. The monoisotopic (exact) mass is 219 g/mol. The number of rotatable bonds is 0. The number of hydrogen-bond acceptors (Lipinski definition) is 1. The minimum atomic E-state index is 1.04. The minimum Gasteiger partial charge on any atom is -0.252 e. The van der Waals surface area contributed by atoms with Crippen molar-refractivity contribution in [2.75, 3.05) is 0 Å². The van der Waals surface area contributed by atoms with E-state index in [0.717, 1.165) is 11.4 Å². The molecule has 0 aliphatic carbocycles. The van der Waals surface area contributed by atoms with Gasteiger partial charge in [0, 0.05) is 16.8 Å². The van der Waals surface area contributed by atoms with Crippen molar-refractivity contribution in [1.82, 2.24) is 0 Å². The van der Waals surface area contributed by atoms with Crippen LogP contribution >= 0.6 is 0 Å². The van der Waals surface area contributed by atoms with Crippen molar-refractivity contribution in [3.63, 3.8) is 0 Å². The molecule has 1 aliphatic heterocycles. The molecule has 1 heterocycles. The van der Waals surface area contributed by atoms with Crippen molar-refractivity contribution >= 4 is 23.6 Å². The van der Waals surface area contributed by atoms with Crippen LogP contribution in [0.25, 0.3) is 12.2 Å². The van der Waals surface area contributed by atoms with Crippen molar-refractivity contribution in [2.45, 2.75) is 6.92 Å². The van der Waals surface area contributed by atoms with Crippen LogP contribution in [0.4, 0.5) is 5.69 Å². The lowest BCUT2D eigenvalue weighted by Gasteiger charge is -2.10. The van der Waals surface area contributed by atoms with Gasteiger partial charge >= 0.3 is 0 Å². The molecule has 0 amide bonds. The molecular weight excluding hydrogens is 206 g/mol. The largest absolute Gasteiger partial charge is 0.252 e. The molecule has 82 valence electrons. The first-order valence-corrected chi connectivity index (χ1v) is 5.76. The summed E-state index contributed by atoms with van der Waals surface area (Å²) in [5, 5.41) is 0. The molecule has 1 aliphatic rings. The van der Waals surface area contributed by atoms with Gasteiger partial charge in [0.2, 0.25) is 0 Å². The van der Waals surface area contributed by atoms with E-state index in [0.29, 0.717) is 0 Å². The summed E-state index contributed by atoms with van der Waals surface area (Å²) in [5.74, 6) is 0. The first-order chi connectivity index (χ1) is 8.34. The normalized spacial score (nSPS) is 15.0. The first-order valence-electron chi connectivity index (χ1n) is 5.76. The van der Waals surface area contributed by atoms with Gasteiger partial charge in [-0.2, -0.15) is 0 Å². The van der Waals surface area contributed by atoms with Gasteiger partial charge in [-0.3, -0.25) is 4.99 Å². The molecule has 0 aromatic heterocycles. The van der Waals surface area contributed by atoms with Gasteiger partial charge in [-0.15, -0.1) is 0 Å². The summed E-state index contributed by atoms with van der Waals surface area (Å²) < 4.78 is 0. The summed E-state index contributed by atoms with van der Waals surface area (Å²) in [7, 11) is 0. The summed E-state index contributed by atoms with van der Waals surface area (Å²) in [6.45, 7) is 2.06. The van der Waals surface area contributed by atoms with E-state index in [2.05, 4.69) is 55.5 Å². The summed E-state index contributed by atoms with van der Waals surface area (Å²) in [6, 6.07) is 16.6. The van der Waals surface area contributed by atoms with Gasteiger partial charge in [0.05, 0.1) is 5.69 Å². The lowest BCUT2D eigenvalue weighted by molar-refractivity contribution is 1.44. The van der Waals surface area contributed by atoms with Gasteiger partial charge in [-0.05, 0) is 18.6 Å². The highest BCUT2D eigenvalue weighted by molar-refractivity contribution is 6.05. The summed E-state index contributed by atoms with van der Waals surface area (Å²) in [6.07, 6.45) is 4.29. The Labute approximate surface area is 101 Å². The third-order valence-electron chi connectivity index (χ3n) is 3.02. The molecule has 2 aromatic rings. The Balaban J connectivity index is 2.25. The molecular formula is C16H13N. The zero-order valence-electron chi connectivity index (χ0n) is 9.72. The van der Waals surface area contributed by atoms with Gasteiger partial charge in [0.15, 0.2) is 0 Å². The fourth-order valence-electron chi connectivity index (χ4n) is 2.12. The highest BCUT2D eigenvalue weighted by Gasteiger charge is 2.07. The van der Waals surface area contributed by atoms with Crippen molar-refractivity contribution in [3.05, 3.63) is 65.2 Å². The second-order valence-electron chi connectivity index (χ2n) is 4.18. The summed E-state index contributed by atoms with van der Waals surface area (Å²) in [4.78, 5) is 4.71. The predicted octanol–water partition coefficient (Wildman–Crippen LogP) is 4.31. The number of fused-ring (bicyclic) bond motifs is 2. The fourth-order valence-corrected chi connectivity index (χ4v) is 2.12. The minimum absolute atomic E-state index is 1.04. The van der Waals surface area contributed by atoms with Gasteiger partial charge in [0.1, 0.15) is 0 Å². The quantitative estimate of drug-likeness (QED) is 0.626. The maximum atomic E-state index is 4.71. The Bertz CT molecular complexity index is 621. The Hall–Kier alpha value is -2.15. The number of nitrogens with zero attached hydrogens (tertiary/aromatic N) is 1. The SMILES string of the molecule is CC1=Nc2ccccc2/C=C\c2ccccc21. The molecule has 0 saturated carbocycles. The van der Waals surface area contributed by atoms with Crippen LogP contribution in [0.5, 0.6) is 0 Å². The van der Waals surface area contributed by atoms with E-state index < -0.39 is 0 Å². The van der Waals surface area contributed by atoms with Gasteiger partial charge in [-0.1, -0.05) is 54.6 Å². The van der Waals surface area contributed by atoms with Crippen LogP contribution in [0.1, 0.15) is 23.6 Å². The molecule has 0 spiro atoms. The van der Waals surface area contributed by atoms with Crippen LogP contribution in [0, 0.1) is 0 Å². The van der Waals surface area contributed by atoms with Crippen LogP contribution in [0.3, 0.4) is 0 Å². The van der Waals surface area contributed by atoms with Gasteiger partial charge in [-0.25, -0.2) is 0 Å². The molecule has 0 unspecified atom stereocenters. The van der Waals surface area contributed by atoms with E-state index in [4.69, 9.17) is 4.99 Å². The molecule has 0 bridgehead atoms. The second-order valence-corrected chi connectivity index (χ2v) is 4.18. The van der Waals surface area contributed by atoms with Crippen molar-refractivity contribution in [2.24, 2.45) is 4.99 Å². The Morgan fingerprint density at radius 2 is 1.41 bits per heavy atom. The van der Waals surface area contributed by atoms with Crippen LogP contribution in [0.15, 0.2) is 53.5 Å². The highest BCUT2D eigenvalue weighted by Crippen LogP contribution is 2.26. The first kappa shape index (κ1) is 10.0. The van der Waals surface area contributed by atoms with Crippen LogP contribution in [0.2, 0.25) is 0 Å². The predicted molar refractivity (Wildman–Crippen MR) is 73.7 cm³/mol. The average Bonchev–Trinajstić information content (AvgIpc) is 2.36. The van der Waals surface area contributed by atoms with Crippen LogP contribution in [-0.2, 0) is 0 Å². The van der Waals surface area contributed by atoms with Gasteiger partial charge < -0.3 is 0 Å². The summed E-state index contributed by atoms with van der Waals surface area (Å²) >= 11 is 0. The standard InChI is InChI=1S/C16H13N/c1-12-15-8-4-2-6-13(15)10-11-14-7-3-5-9-16(14)17-12/h2-11H,1H3/b11-10-,13-10?,14-11?,15-12?,17-12?,17-16?. The van der Waals surface area contributed by atoms with E-state index in [9.17, 15) is 0 Å². The number of benzene rings is 2. The topological polar surface area (TPSA) is 12.4 Å². The fraction of sp³-hybridized carbons (Fsp3) is 0.0625. The molecule has 0 saturated heterocycles. The second kappa shape index (κ2) is 4.02. The molecule has 0 radical (unpaired) electrons. The average molecular weight is 219 g/mol. The van der Waals surface area contributed by atoms with Crippen molar-refractivity contribution in [3.8, 4) is 0 Å². The highest BCUT2D eigenvalue weighted by atomic mass is 14.7. The smallest absolute Gasteiger partial charge is 0.0705 e. The molecule has 0 fully saturated rings. The number of hydrogen-bond donors (Lipinski definition) is 0. The lowest BCUT2D eigenvalue weighted by Crippen LogP contribution is -1.98. The zero-order chi connectivity index (χ0) is 11.7. The third kappa shape index (κ3) is 1.80. The Morgan fingerprint density at radius 3 is 2.29 bits per heavy atom. The number of para-hydroxylation sites is 1. The van der Waals surface area contributed by atoms with Crippen molar-refractivity contribution < 1.29 is 0 Å². The summed E-state index contributed by atoms with van der Waals surface area (Å²) in [5.41, 5.74) is 5.70. The van der Waals surface area contributed by atoms with Crippen LogP contribution < -0.4 is 0 Å². The molecule has 1 heteroatoms. The Morgan fingerprint density at radius 1 is 0.765 bits per heavy atom. The maximum absolute atomic E-state index is 4.71. The van der Waals surface area contributed by atoms with E-state index in [1.165, 1.54) is 16.7 Å². The van der Waals surface area contributed by atoms with Gasteiger partial charge in [0.25, 0.3) is 0 Å². The zero-order valence-corrected chi connectivity index (χ0v) is 9.72. The van der Waals surface area contributed by atoms with E-state index in [1.54, 1.807) is 0 Å². The lowest BCUT2D eigenvalue weighted by atomic mass is 10.0. The molecule has 17 heavy (non-hydrogen) atoms. The van der Waals surface area contributed by atoms with Crippen LogP contribution in [-0.4, -0.2) is 5.71 Å². The van der Waals surface area contributed by atoms with E-state index >= 15 is 0 Å². The van der Waals surface area contributed by atoms with E-state index in [-0.39, 0.29) is 0 Å². The number of aliphatic imine (C=N–C) groups is 1. The Kier molecular flexibility index (Phi) is 2.37. The maximum Gasteiger partial charge on any atom is 0.0705 e. The van der Waals surface area contributed by atoms with E-state index in [1.807, 2.05) is 12.1 Å². The molecule has 1 nitrogen and oxygen atoms in total. The molecule has 2 aromatic carbocycles.